The third kappa shape index (κ3) is 4.39. The molecule has 5 aromatic rings. The number of nitrogens with one attached hydrogen (secondary N) is 1. The van der Waals surface area contributed by atoms with E-state index in [1.54, 1.807) is 7.11 Å². The molecule has 1 amide bonds. The molecule has 0 aliphatic heterocycles. The summed E-state index contributed by atoms with van der Waals surface area (Å²) in [4.78, 5) is 21.3. The SMILES string of the molecule is COCCC(=O)Nc1ccccc1/N=c1\cc(-c2ccc3nc(N)oc3c2)oc2ccccc12. The first kappa shape index (κ1) is 21.4. The smallest absolute Gasteiger partial charge is 0.292 e. The van der Waals surface area contributed by atoms with E-state index in [-0.39, 0.29) is 18.3 Å². The van der Waals surface area contributed by atoms with Crippen LogP contribution in [0.3, 0.4) is 0 Å². The molecule has 0 spiro atoms. The maximum Gasteiger partial charge on any atom is 0.292 e. The Bertz CT molecular complexity index is 1570. The molecule has 0 saturated heterocycles. The van der Waals surface area contributed by atoms with Crippen LogP contribution in [-0.2, 0) is 9.53 Å². The van der Waals surface area contributed by atoms with Crippen molar-refractivity contribution >= 4 is 45.4 Å². The molecule has 0 aliphatic rings. The average molecular weight is 454 g/mol. The van der Waals surface area contributed by atoms with Gasteiger partial charge in [0.15, 0.2) is 5.58 Å². The van der Waals surface area contributed by atoms with Crippen LogP contribution in [0.25, 0.3) is 33.4 Å². The molecule has 0 atom stereocenters. The summed E-state index contributed by atoms with van der Waals surface area (Å²) < 4.78 is 16.7. The van der Waals surface area contributed by atoms with Crippen LogP contribution in [-0.4, -0.2) is 24.6 Å². The highest BCUT2D eigenvalue weighted by Gasteiger charge is 2.11. The molecule has 0 fully saturated rings. The molecule has 0 radical (unpaired) electrons. The van der Waals surface area contributed by atoms with Gasteiger partial charge in [-0.3, -0.25) is 4.79 Å². The average Bonchev–Trinajstić information content (AvgIpc) is 3.23. The van der Waals surface area contributed by atoms with Gasteiger partial charge in [-0.1, -0.05) is 24.3 Å². The number of hydrogen-bond donors (Lipinski definition) is 2. The standard InChI is InChI=1S/C26H22N4O4/c1-32-13-12-25(31)29-19-8-4-3-7-18(19)28-21-15-23(33-22-9-5-2-6-17(21)22)16-10-11-20-24(14-16)34-26(27)30-20/h2-11,14-15H,12-13H2,1H3,(H2,27,30)(H,29,31)/b28-21+. The van der Waals surface area contributed by atoms with Crippen LogP contribution in [0.5, 0.6) is 0 Å². The molecule has 34 heavy (non-hydrogen) atoms. The van der Waals surface area contributed by atoms with E-state index in [1.165, 1.54) is 0 Å². The first-order valence-electron chi connectivity index (χ1n) is 10.7. The van der Waals surface area contributed by atoms with Crippen LogP contribution in [0.1, 0.15) is 6.42 Å². The molecule has 8 heteroatoms. The number of nitrogen functional groups attached to an aromatic ring is 1. The highest BCUT2D eigenvalue weighted by Crippen LogP contribution is 2.28. The Morgan fingerprint density at radius 2 is 1.85 bits per heavy atom. The molecule has 2 aromatic heterocycles. The number of carbonyl (C=O) groups is 1. The topological polar surface area (TPSA) is 116 Å². The molecule has 0 bridgehead atoms. The van der Waals surface area contributed by atoms with E-state index >= 15 is 0 Å². The molecule has 5 rings (SSSR count). The van der Waals surface area contributed by atoms with Gasteiger partial charge < -0.3 is 24.6 Å². The summed E-state index contributed by atoms with van der Waals surface area (Å²) in [6, 6.07) is 22.6. The number of anilines is 2. The van der Waals surface area contributed by atoms with Crippen molar-refractivity contribution in [2.24, 2.45) is 4.99 Å². The summed E-state index contributed by atoms with van der Waals surface area (Å²) in [7, 11) is 1.56. The van der Waals surface area contributed by atoms with Crippen molar-refractivity contribution in [1.29, 1.82) is 0 Å². The van der Waals surface area contributed by atoms with Gasteiger partial charge in [-0.2, -0.15) is 4.98 Å². The maximum absolute atomic E-state index is 12.3. The number of methoxy groups -OCH3 is 1. The summed E-state index contributed by atoms with van der Waals surface area (Å²) >= 11 is 0. The molecular formula is C26H22N4O4. The normalized spacial score (nSPS) is 11.9. The lowest BCUT2D eigenvalue weighted by atomic mass is 10.1. The minimum absolute atomic E-state index is 0.113. The Hall–Kier alpha value is -4.43. The van der Waals surface area contributed by atoms with E-state index < -0.39 is 0 Å². The number of rotatable bonds is 6. The molecular weight excluding hydrogens is 432 g/mol. The lowest BCUT2D eigenvalue weighted by molar-refractivity contribution is -0.117. The number of hydrogen-bond acceptors (Lipinski definition) is 7. The van der Waals surface area contributed by atoms with Gasteiger partial charge in [-0.05, 0) is 42.5 Å². The van der Waals surface area contributed by atoms with Gasteiger partial charge in [0.1, 0.15) is 16.9 Å². The van der Waals surface area contributed by atoms with Crippen LogP contribution < -0.4 is 16.4 Å². The molecule has 0 unspecified atom stereocenters. The number of fused-ring (bicyclic) bond motifs is 2. The number of oxazole rings is 1. The second kappa shape index (κ2) is 9.21. The van der Waals surface area contributed by atoms with Gasteiger partial charge in [-0.25, -0.2) is 4.99 Å². The summed E-state index contributed by atoms with van der Waals surface area (Å²) in [6.45, 7) is 0.348. The zero-order valence-electron chi connectivity index (χ0n) is 18.4. The summed E-state index contributed by atoms with van der Waals surface area (Å²) in [5.74, 6) is 0.466. The number of aromatic nitrogens is 1. The maximum atomic E-state index is 12.3. The Kier molecular flexibility index (Phi) is 5.80. The second-order valence-corrected chi connectivity index (χ2v) is 7.65. The fourth-order valence-electron chi connectivity index (χ4n) is 3.66. The van der Waals surface area contributed by atoms with E-state index in [0.29, 0.717) is 45.8 Å². The van der Waals surface area contributed by atoms with E-state index in [1.807, 2.05) is 72.8 Å². The van der Waals surface area contributed by atoms with Gasteiger partial charge >= 0.3 is 0 Å². The van der Waals surface area contributed by atoms with Crippen LogP contribution in [0.4, 0.5) is 17.4 Å². The van der Waals surface area contributed by atoms with Crippen molar-refractivity contribution in [2.75, 3.05) is 24.8 Å². The molecule has 3 aromatic carbocycles. The summed E-state index contributed by atoms with van der Waals surface area (Å²) in [5, 5.41) is 4.46. The molecule has 170 valence electrons. The van der Waals surface area contributed by atoms with E-state index in [0.717, 1.165) is 10.9 Å². The minimum atomic E-state index is -0.141. The predicted octanol–water partition coefficient (Wildman–Crippen LogP) is 5.03. The number of nitrogens with two attached hydrogens (primary N) is 1. The van der Waals surface area contributed by atoms with Crippen molar-refractivity contribution in [1.82, 2.24) is 4.98 Å². The molecule has 2 heterocycles. The Morgan fingerprint density at radius 1 is 1.03 bits per heavy atom. The van der Waals surface area contributed by atoms with Crippen molar-refractivity contribution in [3.05, 3.63) is 78.2 Å². The van der Waals surface area contributed by atoms with Gasteiger partial charge in [0.25, 0.3) is 6.01 Å². The van der Waals surface area contributed by atoms with Gasteiger partial charge in [0, 0.05) is 24.1 Å². The van der Waals surface area contributed by atoms with Crippen molar-refractivity contribution in [2.45, 2.75) is 6.42 Å². The number of ether oxygens (including phenoxy) is 1. The largest absolute Gasteiger partial charge is 0.456 e. The number of nitrogens with zero attached hydrogens (tertiary/aromatic N) is 2. The van der Waals surface area contributed by atoms with Crippen LogP contribution >= 0.6 is 0 Å². The fraction of sp³-hybridized carbons (Fsp3) is 0.115. The summed E-state index contributed by atoms with van der Waals surface area (Å²) in [5.41, 5.74) is 9.66. The molecule has 8 nitrogen and oxygen atoms in total. The monoisotopic (exact) mass is 454 g/mol. The third-order valence-corrected chi connectivity index (χ3v) is 5.29. The highest BCUT2D eigenvalue weighted by atomic mass is 16.5. The third-order valence-electron chi connectivity index (χ3n) is 5.29. The first-order chi connectivity index (χ1) is 16.6. The minimum Gasteiger partial charge on any atom is -0.456 e. The lowest BCUT2D eigenvalue weighted by Gasteiger charge is -2.09. The van der Waals surface area contributed by atoms with Crippen LogP contribution in [0, 0.1) is 0 Å². The highest BCUT2D eigenvalue weighted by molar-refractivity contribution is 5.93. The van der Waals surface area contributed by atoms with Crippen molar-refractivity contribution in [3.8, 4) is 11.3 Å². The van der Waals surface area contributed by atoms with Gasteiger partial charge in [0.2, 0.25) is 5.91 Å². The van der Waals surface area contributed by atoms with E-state index in [2.05, 4.69) is 10.3 Å². The number of carbonyl (C=O) groups excluding carboxylic acids is 1. The van der Waals surface area contributed by atoms with Crippen molar-refractivity contribution < 1.29 is 18.4 Å². The molecule has 0 saturated carbocycles. The Morgan fingerprint density at radius 3 is 2.74 bits per heavy atom. The predicted molar refractivity (Wildman–Crippen MR) is 130 cm³/mol. The van der Waals surface area contributed by atoms with Gasteiger partial charge in [-0.15, -0.1) is 0 Å². The summed E-state index contributed by atoms with van der Waals surface area (Å²) in [6.07, 6.45) is 0.261. The number of benzene rings is 3. The van der Waals surface area contributed by atoms with E-state index in [4.69, 9.17) is 24.3 Å². The van der Waals surface area contributed by atoms with Crippen molar-refractivity contribution in [3.63, 3.8) is 0 Å². The number of para-hydroxylation sites is 3. The lowest BCUT2D eigenvalue weighted by Crippen LogP contribution is -2.14. The zero-order chi connectivity index (χ0) is 23.5. The number of amides is 1. The van der Waals surface area contributed by atoms with Crippen LogP contribution in [0.2, 0.25) is 0 Å². The van der Waals surface area contributed by atoms with E-state index in [9.17, 15) is 4.79 Å². The van der Waals surface area contributed by atoms with Gasteiger partial charge in [0.05, 0.1) is 29.8 Å². The second-order valence-electron chi connectivity index (χ2n) is 7.65. The Balaban J connectivity index is 1.63. The van der Waals surface area contributed by atoms with Crippen LogP contribution in [0.15, 0.2) is 86.6 Å². The Labute approximate surface area is 194 Å². The first-order valence-corrected chi connectivity index (χ1v) is 10.7. The fourth-order valence-corrected chi connectivity index (χ4v) is 3.66. The quantitative estimate of drug-likeness (QED) is 0.372. The molecule has 3 N–H and O–H groups in total. The molecule has 0 aliphatic carbocycles. The zero-order valence-corrected chi connectivity index (χ0v) is 18.4.